The molecule has 3 nitrogen and oxygen atoms in total. The van der Waals surface area contributed by atoms with Gasteiger partial charge in [0.05, 0.1) is 12.1 Å². The summed E-state index contributed by atoms with van der Waals surface area (Å²) < 4.78 is 0. The molecule has 2 aromatic rings. The topological polar surface area (TPSA) is 37.4 Å². The molecule has 1 aliphatic rings. The fourth-order valence-corrected chi connectivity index (χ4v) is 3.63. The van der Waals surface area contributed by atoms with Gasteiger partial charge in [0.25, 0.3) is 0 Å². The number of likely N-dealkylation sites (tertiary alicyclic amines) is 1. The Morgan fingerprint density at radius 1 is 1.00 bits per heavy atom. The first-order valence-electron chi connectivity index (χ1n) is 8.11. The Labute approximate surface area is 136 Å². The highest BCUT2D eigenvalue weighted by Gasteiger charge is 2.42. The van der Waals surface area contributed by atoms with Crippen molar-refractivity contribution in [1.82, 2.24) is 4.90 Å². The average Bonchev–Trinajstić information content (AvgIpc) is 2.62. The highest BCUT2D eigenvalue weighted by atomic mass is 16.1. The van der Waals surface area contributed by atoms with Crippen LogP contribution in [0.4, 0.5) is 0 Å². The highest BCUT2D eigenvalue weighted by molar-refractivity contribution is 5.84. The standard InChI is InChI=1S/C20H21NO2/c1-2-17-19(23)13-18(15-9-5-3-6-10-15)21(14-22)20(17)16-11-7-4-8-12-16/h3-12,14,17-18,20H,2,13H2,1H3/t17-,18+,20+/m0/s1. The van der Waals surface area contributed by atoms with Gasteiger partial charge in [-0.2, -0.15) is 0 Å². The maximum atomic E-state index is 12.7. The van der Waals surface area contributed by atoms with E-state index in [1.54, 1.807) is 0 Å². The summed E-state index contributed by atoms with van der Waals surface area (Å²) in [7, 11) is 0. The number of nitrogens with zero attached hydrogens (tertiary/aromatic N) is 1. The lowest BCUT2D eigenvalue weighted by molar-refractivity contribution is -0.139. The van der Waals surface area contributed by atoms with Crippen LogP contribution in [0.3, 0.4) is 0 Å². The lowest BCUT2D eigenvalue weighted by Crippen LogP contribution is -2.44. The molecule has 0 aromatic heterocycles. The minimum absolute atomic E-state index is 0.137. The van der Waals surface area contributed by atoms with E-state index in [1.807, 2.05) is 72.5 Å². The molecule has 0 N–H and O–H groups in total. The molecule has 3 atom stereocenters. The average molecular weight is 307 g/mol. The predicted octanol–water partition coefficient (Wildman–Crippen LogP) is 3.93. The number of rotatable bonds is 4. The number of amides is 1. The summed E-state index contributed by atoms with van der Waals surface area (Å²) in [6.45, 7) is 2.02. The third kappa shape index (κ3) is 2.91. The van der Waals surface area contributed by atoms with E-state index in [0.717, 1.165) is 24.0 Å². The van der Waals surface area contributed by atoms with E-state index in [2.05, 4.69) is 0 Å². The van der Waals surface area contributed by atoms with Crippen LogP contribution in [-0.4, -0.2) is 17.1 Å². The van der Waals surface area contributed by atoms with Gasteiger partial charge >= 0.3 is 0 Å². The molecule has 0 bridgehead atoms. The lowest BCUT2D eigenvalue weighted by atomic mass is 9.78. The number of carbonyl (C=O) groups excluding carboxylic acids is 2. The smallest absolute Gasteiger partial charge is 0.210 e. The second kappa shape index (κ2) is 6.78. The molecule has 1 amide bonds. The zero-order chi connectivity index (χ0) is 16.2. The zero-order valence-corrected chi connectivity index (χ0v) is 13.3. The van der Waals surface area contributed by atoms with Gasteiger partial charge in [-0.05, 0) is 17.5 Å². The van der Waals surface area contributed by atoms with E-state index in [1.165, 1.54) is 0 Å². The van der Waals surface area contributed by atoms with Gasteiger partial charge in [-0.3, -0.25) is 9.59 Å². The maximum Gasteiger partial charge on any atom is 0.210 e. The van der Waals surface area contributed by atoms with E-state index in [-0.39, 0.29) is 23.8 Å². The van der Waals surface area contributed by atoms with Crippen molar-refractivity contribution in [1.29, 1.82) is 0 Å². The van der Waals surface area contributed by atoms with E-state index >= 15 is 0 Å². The molecule has 23 heavy (non-hydrogen) atoms. The molecular formula is C20H21NO2. The van der Waals surface area contributed by atoms with Crippen molar-refractivity contribution in [2.45, 2.75) is 31.8 Å². The summed E-state index contributed by atoms with van der Waals surface area (Å²) in [5.74, 6) is 0.107. The summed E-state index contributed by atoms with van der Waals surface area (Å²) in [5, 5.41) is 0. The van der Waals surface area contributed by atoms with Crippen molar-refractivity contribution in [3.05, 3.63) is 71.8 Å². The van der Waals surface area contributed by atoms with Crippen LogP contribution < -0.4 is 0 Å². The number of benzene rings is 2. The van der Waals surface area contributed by atoms with Crippen LogP contribution in [0.15, 0.2) is 60.7 Å². The molecular weight excluding hydrogens is 286 g/mol. The Morgan fingerprint density at radius 2 is 1.57 bits per heavy atom. The maximum absolute atomic E-state index is 12.7. The number of hydrogen-bond donors (Lipinski definition) is 0. The Kier molecular flexibility index (Phi) is 4.56. The molecule has 1 aliphatic heterocycles. The SMILES string of the molecule is CC[C@H]1C(=O)C[C@H](c2ccccc2)N(C=O)[C@@H]1c1ccccc1. The summed E-state index contributed by atoms with van der Waals surface area (Å²) in [6.07, 6.45) is 2.04. The van der Waals surface area contributed by atoms with Crippen LogP contribution in [0.2, 0.25) is 0 Å². The van der Waals surface area contributed by atoms with Gasteiger partial charge in [0, 0.05) is 12.3 Å². The molecule has 1 saturated heterocycles. The molecule has 0 aliphatic carbocycles. The highest BCUT2D eigenvalue weighted by Crippen LogP contribution is 2.43. The van der Waals surface area contributed by atoms with Crippen molar-refractivity contribution >= 4 is 12.2 Å². The van der Waals surface area contributed by atoms with Crippen molar-refractivity contribution in [3.63, 3.8) is 0 Å². The van der Waals surface area contributed by atoms with Gasteiger partial charge < -0.3 is 4.90 Å². The molecule has 3 rings (SSSR count). The first kappa shape index (κ1) is 15.5. The van der Waals surface area contributed by atoms with Gasteiger partial charge in [-0.1, -0.05) is 67.6 Å². The molecule has 3 heteroatoms. The van der Waals surface area contributed by atoms with Crippen LogP contribution in [-0.2, 0) is 9.59 Å². The van der Waals surface area contributed by atoms with E-state index in [4.69, 9.17) is 0 Å². The number of piperidine rings is 1. The summed E-state index contributed by atoms with van der Waals surface area (Å²) in [5.41, 5.74) is 2.05. The van der Waals surface area contributed by atoms with E-state index < -0.39 is 0 Å². The van der Waals surface area contributed by atoms with Gasteiger partial charge in [-0.15, -0.1) is 0 Å². The summed E-state index contributed by atoms with van der Waals surface area (Å²) >= 11 is 0. The zero-order valence-electron chi connectivity index (χ0n) is 13.3. The van der Waals surface area contributed by atoms with Crippen molar-refractivity contribution < 1.29 is 9.59 Å². The first-order valence-corrected chi connectivity index (χ1v) is 8.11. The monoisotopic (exact) mass is 307 g/mol. The molecule has 118 valence electrons. The molecule has 0 saturated carbocycles. The number of Topliss-reactive ketones (excluding diaryl/α,β-unsaturated/α-hetero) is 1. The second-order valence-electron chi connectivity index (χ2n) is 6.02. The lowest BCUT2D eigenvalue weighted by Gasteiger charge is -2.44. The van der Waals surface area contributed by atoms with Crippen LogP contribution in [0.5, 0.6) is 0 Å². The number of hydrogen-bond acceptors (Lipinski definition) is 2. The Bertz CT molecular complexity index is 669. The first-order chi connectivity index (χ1) is 11.3. The molecule has 0 spiro atoms. The van der Waals surface area contributed by atoms with Gasteiger partial charge in [0.1, 0.15) is 5.78 Å². The Hall–Kier alpha value is -2.42. The fourth-order valence-electron chi connectivity index (χ4n) is 3.63. The number of carbonyl (C=O) groups is 2. The van der Waals surface area contributed by atoms with Crippen LogP contribution in [0, 0.1) is 5.92 Å². The fraction of sp³-hybridized carbons (Fsp3) is 0.300. The Balaban J connectivity index is 2.05. The largest absolute Gasteiger partial charge is 0.330 e. The second-order valence-corrected chi connectivity index (χ2v) is 6.02. The minimum Gasteiger partial charge on any atom is -0.330 e. The van der Waals surface area contributed by atoms with Crippen molar-refractivity contribution in [2.75, 3.05) is 0 Å². The van der Waals surface area contributed by atoms with Crippen LogP contribution in [0.1, 0.15) is 43.0 Å². The minimum atomic E-state index is -0.190. The molecule has 0 radical (unpaired) electrons. The normalized spacial score (nSPS) is 24.5. The molecule has 1 fully saturated rings. The Morgan fingerprint density at radius 3 is 2.09 bits per heavy atom. The van der Waals surface area contributed by atoms with E-state index in [0.29, 0.717) is 6.42 Å². The third-order valence-corrected chi connectivity index (χ3v) is 4.76. The predicted molar refractivity (Wildman–Crippen MR) is 89.7 cm³/mol. The quantitative estimate of drug-likeness (QED) is 0.803. The van der Waals surface area contributed by atoms with Gasteiger partial charge in [0.15, 0.2) is 0 Å². The summed E-state index contributed by atoms with van der Waals surface area (Å²) in [6, 6.07) is 19.3. The molecule has 1 heterocycles. The van der Waals surface area contributed by atoms with Crippen LogP contribution >= 0.6 is 0 Å². The molecule has 2 aromatic carbocycles. The van der Waals surface area contributed by atoms with Crippen LogP contribution in [0.25, 0.3) is 0 Å². The number of ketones is 1. The summed E-state index contributed by atoms with van der Waals surface area (Å²) in [4.78, 5) is 26.5. The van der Waals surface area contributed by atoms with Gasteiger partial charge in [-0.25, -0.2) is 0 Å². The third-order valence-electron chi connectivity index (χ3n) is 4.76. The van der Waals surface area contributed by atoms with Gasteiger partial charge in [0.2, 0.25) is 6.41 Å². The van der Waals surface area contributed by atoms with Crippen molar-refractivity contribution in [3.8, 4) is 0 Å². The van der Waals surface area contributed by atoms with E-state index in [9.17, 15) is 9.59 Å². The molecule has 0 unspecified atom stereocenters. The van der Waals surface area contributed by atoms with Crippen molar-refractivity contribution in [2.24, 2.45) is 5.92 Å².